The van der Waals surface area contributed by atoms with Gasteiger partial charge in [0.25, 0.3) is 5.56 Å². The molecule has 0 radical (unpaired) electrons. The SMILES string of the molecule is O=c1c2ccccc2cnn1C[C@H](O)COc1ccc2ccccc2c1. The minimum atomic E-state index is -0.840. The van der Waals surface area contributed by atoms with Crippen LogP contribution in [0.25, 0.3) is 21.5 Å². The molecular formula is C21H18N2O3. The third kappa shape index (κ3) is 3.30. The van der Waals surface area contributed by atoms with E-state index in [1.165, 1.54) is 4.68 Å². The molecule has 3 aromatic carbocycles. The maximum Gasteiger partial charge on any atom is 0.274 e. The minimum Gasteiger partial charge on any atom is -0.491 e. The molecule has 5 heteroatoms. The van der Waals surface area contributed by atoms with Crippen molar-refractivity contribution in [3.8, 4) is 5.75 Å². The number of fused-ring (bicyclic) bond motifs is 2. The first kappa shape index (κ1) is 16.3. The summed E-state index contributed by atoms with van der Waals surface area (Å²) in [5.41, 5.74) is -0.215. The van der Waals surface area contributed by atoms with E-state index in [0.29, 0.717) is 11.1 Å². The van der Waals surface area contributed by atoms with E-state index in [4.69, 9.17) is 4.74 Å². The van der Waals surface area contributed by atoms with Gasteiger partial charge in [-0.15, -0.1) is 0 Å². The van der Waals surface area contributed by atoms with Crippen molar-refractivity contribution in [3.63, 3.8) is 0 Å². The molecule has 0 aliphatic rings. The predicted molar refractivity (Wildman–Crippen MR) is 101 cm³/mol. The van der Waals surface area contributed by atoms with Gasteiger partial charge in [-0.25, -0.2) is 4.68 Å². The van der Waals surface area contributed by atoms with Gasteiger partial charge in [-0.05, 0) is 29.0 Å². The Morgan fingerprint density at radius 1 is 0.962 bits per heavy atom. The van der Waals surface area contributed by atoms with Crippen LogP contribution in [0.2, 0.25) is 0 Å². The highest BCUT2D eigenvalue weighted by atomic mass is 16.5. The molecular weight excluding hydrogens is 328 g/mol. The maximum atomic E-state index is 12.4. The van der Waals surface area contributed by atoms with Gasteiger partial charge >= 0.3 is 0 Å². The molecule has 130 valence electrons. The summed E-state index contributed by atoms with van der Waals surface area (Å²) in [6.07, 6.45) is 0.793. The summed E-state index contributed by atoms with van der Waals surface area (Å²) in [5, 5.41) is 18.0. The molecule has 1 heterocycles. The number of aliphatic hydroxyl groups is 1. The van der Waals surface area contributed by atoms with Crippen LogP contribution in [0.1, 0.15) is 0 Å². The molecule has 4 rings (SSSR count). The number of aliphatic hydroxyl groups excluding tert-OH is 1. The van der Waals surface area contributed by atoms with E-state index in [1.807, 2.05) is 60.7 Å². The van der Waals surface area contributed by atoms with Gasteiger partial charge in [0, 0.05) is 5.39 Å². The molecule has 0 amide bonds. The normalized spacial score (nSPS) is 12.3. The zero-order chi connectivity index (χ0) is 17.9. The smallest absolute Gasteiger partial charge is 0.274 e. The summed E-state index contributed by atoms with van der Waals surface area (Å²) >= 11 is 0. The lowest BCUT2D eigenvalue weighted by Gasteiger charge is -2.14. The minimum absolute atomic E-state index is 0.0806. The molecule has 0 aliphatic carbocycles. The zero-order valence-electron chi connectivity index (χ0n) is 14.1. The van der Waals surface area contributed by atoms with Crippen LogP contribution >= 0.6 is 0 Å². The van der Waals surface area contributed by atoms with Crippen molar-refractivity contribution in [2.75, 3.05) is 6.61 Å². The molecule has 0 spiro atoms. The Morgan fingerprint density at radius 2 is 1.69 bits per heavy atom. The number of rotatable bonds is 5. The molecule has 5 nitrogen and oxygen atoms in total. The highest BCUT2D eigenvalue weighted by Gasteiger charge is 2.10. The van der Waals surface area contributed by atoms with E-state index >= 15 is 0 Å². The molecule has 0 fully saturated rings. The second-order valence-corrected chi connectivity index (χ2v) is 6.19. The second-order valence-electron chi connectivity index (χ2n) is 6.19. The van der Waals surface area contributed by atoms with Crippen molar-refractivity contribution in [2.45, 2.75) is 12.6 Å². The zero-order valence-corrected chi connectivity index (χ0v) is 14.1. The van der Waals surface area contributed by atoms with Crippen LogP contribution < -0.4 is 10.3 Å². The Hall–Kier alpha value is -3.18. The molecule has 1 N–H and O–H groups in total. The van der Waals surface area contributed by atoms with Crippen LogP contribution in [0.4, 0.5) is 0 Å². The molecule has 0 unspecified atom stereocenters. The summed E-state index contributed by atoms with van der Waals surface area (Å²) in [7, 11) is 0. The largest absolute Gasteiger partial charge is 0.491 e. The van der Waals surface area contributed by atoms with Crippen LogP contribution in [0.5, 0.6) is 5.75 Å². The fourth-order valence-electron chi connectivity index (χ4n) is 2.96. The van der Waals surface area contributed by atoms with E-state index in [-0.39, 0.29) is 18.7 Å². The summed E-state index contributed by atoms with van der Waals surface area (Å²) in [4.78, 5) is 12.4. The summed E-state index contributed by atoms with van der Waals surface area (Å²) in [6, 6.07) is 21.1. The van der Waals surface area contributed by atoms with Gasteiger partial charge in [-0.2, -0.15) is 5.10 Å². The topological polar surface area (TPSA) is 64.4 Å². The number of ether oxygens (including phenoxy) is 1. The Kier molecular flexibility index (Phi) is 4.37. The van der Waals surface area contributed by atoms with Crippen LogP contribution in [-0.4, -0.2) is 27.6 Å². The molecule has 4 aromatic rings. The van der Waals surface area contributed by atoms with E-state index in [2.05, 4.69) is 5.10 Å². The molecule has 0 bridgehead atoms. The highest BCUT2D eigenvalue weighted by molar-refractivity contribution is 5.83. The first-order chi connectivity index (χ1) is 12.7. The average Bonchev–Trinajstić information content (AvgIpc) is 2.68. The number of hydrogen-bond donors (Lipinski definition) is 1. The molecule has 1 aromatic heterocycles. The Balaban J connectivity index is 1.46. The van der Waals surface area contributed by atoms with Crippen molar-refractivity contribution >= 4 is 21.5 Å². The number of aromatic nitrogens is 2. The monoisotopic (exact) mass is 346 g/mol. The van der Waals surface area contributed by atoms with Gasteiger partial charge in [0.2, 0.25) is 0 Å². The molecule has 0 saturated carbocycles. The van der Waals surface area contributed by atoms with Crippen LogP contribution in [0.15, 0.2) is 77.7 Å². The fourth-order valence-corrected chi connectivity index (χ4v) is 2.96. The van der Waals surface area contributed by atoms with E-state index in [0.717, 1.165) is 16.2 Å². The summed E-state index contributed by atoms with van der Waals surface area (Å²) in [6.45, 7) is 0.163. The van der Waals surface area contributed by atoms with Crippen molar-refractivity contribution in [2.24, 2.45) is 0 Å². The van der Waals surface area contributed by atoms with E-state index in [1.54, 1.807) is 12.3 Å². The van der Waals surface area contributed by atoms with Crippen molar-refractivity contribution < 1.29 is 9.84 Å². The number of nitrogens with zero attached hydrogens (tertiary/aromatic N) is 2. The van der Waals surface area contributed by atoms with Crippen molar-refractivity contribution in [3.05, 3.63) is 83.3 Å². The second kappa shape index (κ2) is 6.98. The molecule has 0 saturated heterocycles. The molecule has 26 heavy (non-hydrogen) atoms. The predicted octanol–water partition coefficient (Wildman–Crippen LogP) is 2.99. The van der Waals surface area contributed by atoms with Gasteiger partial charge in [0.15, 0.2) is 0 Å². The average molecular weight is 346 g/mol. The van der Waals surface area contributed by atoms with Gasteiger partial charge in [0.1, 0.15) is 18.5 Å². The first-order valence-electron chi connectivity index (χ1n) is 8.45. The van der Waals surface area contributed by atoms with Gasteiger partial charge < -0.3 is 9.84 Å². The van der Waals surface area contributed by atoms with Crippen LogP contribution in [0, 0.1) is 0 Å². The molecule has 0 aliphatic heterocycles. The summed E-state index contributed by atoms with van der Waals surface area (Å²) in [5.74, 6) is 0.682. The van der Waals surface area contributed by atoms with Gasteiger partial charge in [-0.1, -0.05) is 48.5 Å². The quantitative estimate of drug-likeness (QED) is 0.603. The first-order valence-corrected chi connectivity index (χ1v) is 8.45. The number of benzene rings is 3. The Bertz CT molecular complexity index is 1120. The lowest BCUT2D eigenvalue weighted by Crippen LogP contribution is -2.31. The van der Waals surface area contributed by atoms with Crippen LogP contribution in [0.3, 0.4) is 0 Å². The third-order valence-corrected chi connectivity index (χ3v) is 4.31. The van der Waals surface area contributed by atoms with Gasteiger partial charge in [0.05, 0.1) is 18.1 Å². The lowest BCUT2D eigenvalue weighted by atomic mass is 10.1. The Labute approximate surface area is 150 Å². The van der Waals surface area contributed by atoms with E-state index < -0.39 is 6.10 Å². The van der Waals surface area contributed by atoms with Crippen molar-refractivity contribution in [1.29, 1.82) is 0 Å². The van der Waals surface area contributed by atoms with Crippen molar-refractivity contribution in [1.82, 2.24) is 9.78 Å². The summed E-state index contributed by atoms with van der Waals surface area (Å²) < 4.78 is 6.96. The highest BCUT2D eigenvalue weighted by Crippen LogP contribution is 2.20. The fraction of sp³-hybridized carbons (Fsp3) is 0.143. The lowest BCUT2D eigenvalue weighted by molar-refractivity contribution is 0.0882. The van der Waals surface area contributed by atoms with Gasteiger partial charge in [-0.3, -0.25) is 4.79 Å². The number of hydrogen-bond acceptors (Lipinski definition) is 4. The Morgan fingerprint density at radius 3 is 2.54 bits per heavy atom. The standard InChI is InChI=1S/C21H18N2O3/c24-18(13-23-21(25)20-8-4-3-7-17(20)12-22-23)14-26-19-10-9-15-5-1-2-6-16(15)11-19/h1-12,18,24H,13-14H2/t18-/m0/s1. The van der Waals surface area contributed by atoms with Crippen LogP contribution in [-0.2, 0) is 6.54 Å². The third-order valence-electron chi connectivity index (χ3n) is 4.31. The maximum absolute atomic E-state index is 12.4. The molecule has 1 atom stereocenters. The van der Waals surface area contributed by atoms with E-state index in [9.17, 15) is 9.90 Å².